The predicted molar refractivity (Wildman–Crippen MR) is 119 cm³/mol. The monoisotopic (exact) mass is 475 g/mol. The lowest BCUT2D eigenvalue weighted by Crippen LogP contribution is -2.29. The van der Waals surface area contributed by atoms with E-state index < -0.39 is 10.0 Å². The van der Waals surface area contributed by atoms with Crippen LogP contribution >= 0.6 is 15.9 Å². The summed E-state index contributed by atoms with van der Waals surface area (Å²) in [6.07, 6.45) is 0. The molecule has 1 aromatic heterocycles. The molecule has 0 spiro atoms. The van der Waals surface area contributed by atoms with E-state index in [2.05, 4.69) is 41.3 Å². The van der Waals surface area contributed by atoms with Gasteiger partial charge in [-0.3, -0.25) is 0 Å². The summed E-state index contributed by atoms with van der Waals surface area (Å²) in [5.74, 6) is 1.10. The molecule has 29 heavy (non-hydrogen) atoms. The molecule has 3 N–H and O–H groups in total. The van der Waals surface area contributed by atoms with Gasteiger partial charge in [-0.1, -0.05) is 33.6 Å². The highest BCUT2D eigenvalue weighted by atomic mass is 79.9. The van der Waals surface area contributed by atoms with Crippen LogP contribution in [0, 0.1) is 13.8 Å². The average molecular weight is 476 g/mol. The standard InChI is InChI=1S/C20H22BrN5O2S/c1-14-3-7-17(8-4-14)25-19-13-15(2)24-20(26-19)22-11-12-23-29(27,28)18-9-5-16(21)6-10-18/h3-10,13,23H,11-12H2,1-2H3,(H2,22,24,25,26). The van der Waals surface area contributed by atoms with E-state index in [0.717, 1.165) is 15.9 Å². The van der Waals surface area contributed by atoms with Crippen molar-refractivity contribution in [3.8, 4) is 0 Å². The molecular weight excluding hydrogens is 454 g/mol. The van der Waals surface area contributed by atoms with Gasteiger partial charge in [-0.2, -0.15) is 4.98 Å². The van der Waals surface area contributed by atoms with Crippen molar-refractivity contribution in [2.45, 2.75) is 18.7 Å². The van der Waals surface area contributed by atoms with Crippen LogP contribution in [0.25, 0.3) is 0 Å². The minimum Gasteiger partial charge on any atom is -0.353 e. The van der Waals surface area contributed by atoms with Crippen molar-refractivity contribution in [2.75, 3.05) is 23.7 Å². The van der Waals surface area contributed by atoms with E-state index in [1.54, 1.807) is 24.3 Å². The number of rotatable bonds is 8. The van der Waals surface area contributed by atoms with Gasteiger partial charge in [-0.25, -0.2) is 18.1 Å². The van der Waals surface area contributed by atoms with Crippen LogP contribution in [0.5, 0.6) is 0 Å². The highest BCUT2D eigenvalue weighted by Gasteiger charge is 2.13. The lowest BCUT2D eigenvalue weighted by Gasteiger charge is -2.11. The lowest BCUT2D eigenvalue weighted by atomic mass is 10.2. The van der Waals surface area contributed by atoms with Gasteiger partial charge in [0.1, 0.15) is 5.82 Å². The molecule has 1 heterocycles. The van der Waals surface area contributed by atoms with Crippen LogP contribution in [0.3, 0.4) is 0 Å². The third-order valence-corrected chi connectivity index (χ3v) is 6.01. The van der Waals surface area contributed by atoms with Crippen LogP contribution in [-0.4, -0.2) is 31.5 Å². The Hall–Kier alpha value is -2.49. The summed E-state index contributed by atoms with van der Waals surface area (Å²) in [6, 6.07) is 16.3. The fraction of sp³-hybridized carbons (Fsp3) is 0.200. The first kappa shape index (κ1) is 21.2. The first-order valence-corrected chi connectivity index (χ1v) is 11.3. The normalized spacial score (nSPS) is 11.3. The quantitative estimate of drug-likeness (QED) is 0.426. The fourth-order valence-electron chi connectivity index (χ4n) is 2.55. The Balaban J connectivity index is 1.57. The summed E-state index contributed by atoms with van der Waals surface area (Å²) in [7, 11) is -3.56. The van der Waals surface area contributed by atoms with Crippen molar-refractivity contribution in [3.63, 3.8) is 0 Å². The minimum absolute atomic E-state index is 0.205. The summed E-state index contributed by atoms with van der Waals surface area (Å²) in [5.41, 5.74) is 2.91. The number of nitrogens with zero attached hydrogens (tertiary/aromatic N) is 2. The highest BCUT2D eigenvalue weighted by Crippen LogP contribution is 2.17. The van der Waals surface area contributed by atoms with E-state index >= 15 is 0 Å². The van der Waals surface area contributed by atoms with Crippen LogP contribution in [-0.2, 0) is 10.0 Å². The van der Waals surface area contributed by atoms with E-state index in [-0.39, 0.29) is 11.4 Å². The number of sulfonamides is 1. The number of aromatic nitrogens is 2. The molecule has 2 aromatic carbocycles. The molecular formula is C20H22BrN5O2S. The Morgan fingerprint density at radius 1 is 0.931 bits per heavy atom. The van der Waals surface area contributed by atoms with Gasteiger partial charge in [0.15, 0.2) is 0 Å². The van der Waals surface area contributed by atoms with Crippen molar-refractivity contribution < 1.29 is 8.42 Å². The van der Waals surface area contributed by atoms with E-state index in [1.807, 2.05) is 44.2 Å². The van der Waals surface area contributed by atoms with Gasteiger partial charge in [0.25, 0.3) is 0 Å². The second-order valence-electron chi connectivity index (χ2n) is 6.49. The first-order valence-electron chi connectivity index (χ1n) is 9.00. The molecule has 0 saturated heterocycles. The molecule has 7 nitrogen and oxygen atoms in total. The Bertz CT molecular complexity index is 1070. The third-order valence-electron chi connectivity index (χ3n) is 4.00. The molecule has 0 aliphatic carbocycles. The van der Waals surface area contributed by atoms with Gasteiger partial charge in [0, 0.05) is 35.0 Å². The summed E-state index contributed by atoms with van der Waals surface area (Å²) in [4.78, 5) is 9.00. The van der Waals surface area contributed by atoms with Crippen LogP contribution < -0.4 is 15.4 Å². The number of halogens is 1. The second kappa shape index (κ2) is 9.34. The number of anilines is 3. The molecule has 0 bridgehead atoms. The second-order valence-corrected chi connectivity index (χ2v) is 9.17. The van der Waals surface area contributed by atoms with E-state index in [9.17, 15) is 8.42 Å². The third kappa shape index (κ3) is 6.25. The van der Waals surface area contributed by atoms with Gasteiger partial charge in [-0.15, -0.1) is 0 Å². The van der Waals surface area contributed by atoms with Gasteiger partial charge >= 0.3 is 0 Å². The van der Waals surface area contributed by atoms with Crippen molar-refractivity contribution >= 4 is 43.4 Å². The van der Waals surface area contributed by atoms with Crippen molar-refractivity contribution in [2.24, 2.45) is 0 Å². The van der Waals surface area contributed by atoms with Gasteiger partial charge in [0.05, 0.1) is 4.90 Å². The molecule has 152 valence electrons. The molecule has 0 atom stereocenters. The Morgan fingerprint density at radius 2 is 1.62 bits per heavy atom. The van der Waals surface area contributed by atoms with Crippen molar-refractivity contribution in [1.82, 2.24) is 14.7 Å². The van der Waals surface area contributed by atoms with Crippen molar-refractivity contribution in [1.29, 1.82) is 0 Å². The molecule has 0 aliphatic heterocycles. The lowest BCUT2D eigenvalue weighted by molar-refractivity contribution is 0.583. The van der Waals surface area contributed by atoms with Gasteiger partial charge < -0.3 is 10.6 Å². The molecule has 9 heteroatoms. The van der Waals surface area contributed by atoms with Crippen molar-refractivity contribution in [3.05, 3.63) is 70.3 Å². The van der Waals surface area contributed by atoms with Crippen LogP contribution in [0.15, 0.2) is 64.0 Å². The van der Waals surface area contributed by atoms with E-state index in [1.165, 1.54) is 5.56 Å². The first-order chi connectivity index (χ1) is 13.8. The molecule has 3 rings (SSSR count). The molecule has 3 aromatic rings. The zero-order valence-corrected chi connectivity index (χ0v) is 18.5. The van der Waals surface area contributed by atoms with E-state index in [4.69, 9.17) is 0 Å². The van der Waals surface area contributed by atoms with Gasteiger partial charge in [0.2, 0.25) is 16.0 Å². The molecule has 0 saturated carbocycles. The number of benzene rings is 2. The molecule has 0 unspecified atom stereocenters. The smallest absolute Gasteiger partial charge is 0.240 e. The average Bonchev–Trinajstić information content (AvgIpc) is 2.67. The van der Waals surface area contributed by atoms with Crippen LogP contribution in [0.1, 0.15) is 11.3 Å². The number of hydrogen-bond donors (Lipinski definition) is 3. The van der Waals surface area contributed by atoms with Gasteiger partial charge in [-0.05, 0) is 50.2 Å². The van der Waals surface area contributed by atoms with E-state index in [0.29, 0.717) is 18.3 Å². The maximum Gasteiger partial charge on any atom is 0.240 e. The Kier molecular flexibility index (Phi) is 6.83. The largest absolute Gasteiger partial charge is 0.353 e. The maximum absolute atomic E-state index is 12.3. The maximum atomic E-state index is 12.3. The Labute approximate surface area is 179 Å². The molecule has 0 amide bonds. The minimum atomic E-state index is -3.56. The Morgan fingerprint density at radius 3 is 2.31 bits per heavy atom. The molecule has 0 aliphatic rings. The van der Waals surface area contributed by atoms with Crippen LogP contribution in [0.4, 0.5) is 17.5 Å². The topological polar surface area (TPSA) is 96.0 Å². The SMILES string of the molecule is Cc1ccc(Nc2cc(C)nc(NCCNS(=O)(=O)c3ccc(Br)cc3)n2)cc1. The zero-order valence-electron chi connectivity index (χ0n) is 16.1. The highest BCUT2D eigenvalue weighted by molar-refractivity contribution is 9.10. The predicted octanol–water partition coefficient (Wildman–Crippen LogP) is 3.99. The number of aryl methyl sites for hydroxylation is 2. The fourth-order valence-corrected chi connectivity index (χ4v) is 3.85. The summed E-state index contributed by atoms with van der Waals surface area (Å²) >= 11 is 3.29. The molecule has 0 fully saturated rings. The van der Waals surface area contributed by atoms with Crippen LogP contribution in [0.2, 0.25) is 0 Å². The number of hydrogen-bond acceptors (Lipinski definition) is 6. The summed E-state index contributed by atoms with van der Waals surface area (Å²) in [6.45, 7) is 4.47. The summed E-state index contributed by atoms with van der Waals surface area (Å²) in [5, 5.41) is 6.30. The number of nitrogens with one attached hydrogen (secondary N) is 3. The summed E-state index contributed by atoms with van der Waals surface area (Å²) < 4.78 is 28.0. The molecule has 0 radical (unpaired) electrons. The zero-order chi connectivity index (χ0) is 20.9.